The summed E-state index contributed by atoms with van der Waals surface area (Å²) < 4.78 is 15.6. The molecule has 0 aliphatic heterocycles. The summed E-state index contributed by atoms with van der Waals surface area (Å²) >= 11 is 0. The number of aliphatic hydroxyl groups excluding tert-OH is 1. The van der Waals surface area contributed by atoms with Gasteiger partial charge in [0.15, 0.2) is 11.5 Å². The minimum atomic E-state index is -0.280. The van der Waals surface area contributed by atoms with Gasteiger partial charge in [-0.25, -0.2) is 0 Å². The van der Waals surface area contributed by atoms with E-state index in [0.29, 0.717) is 28.5 Å². The molecule has 6 heteroatoms. The predicted molar refractivity (Wildman–Crippen MR) is 96.1 cm³/mol. The maximum atomic E-state index is 12.1. The topological polar surface area (TPSA) is 77.0 Å². The Labute approximate surface area is 146 Å². The number of rotatable bonds is 7. The van der Waals surface area contributed by atoms with E-state index in [1.807, 2.05) is 0 Å². The fourth-order valence-corrected chi connectivity index (χ4v) is 2.27. The lowest BCUT2D eigenvalue weighted by Gasteiger charge is -2.09. The minimum Gasteiger partial charge on any atom is -0.496 e. The summed E-state index contributed by atoms with van der Waals surface area (Å²) in [7, 11) is 4.62. The van der Waals surface area contributed by atoms with Crippen molar-refractivity contribution in [3.63, 3.8) is 0 Å². The van der Waals surface area contributed by atoms with E-state index in [1.165, 1.54) is 20.3 Å². The Morgan fingerprint density at radius 2 is 1.72 bits per heavy atom. The van der Waals surface area contributed by atoms with Crippen molar-refractivity contribution in [3.8, 4) is 17.2 Å². The third-order valence-corrected chi connectivity index (χ3v) is 3.56. The molecule has 0 aliphatic carbocycles. The van der Waals surface area contributed by atoms with Crippen LogP contribution in [0.3, 0.4) is 0 Å². The third-order valence-electron chi connectivity index (χ3n) is 3.56. The highest BCUT2D eigenvalue weighted by Gasteiger charge is 2.06. The summed E-state index contributed by atoms with van der Waals surface area (Å²) in [5.41, 5.74) is 2.08. The molecule has 25 heavy (non-hydrogen) atoms. The second kappa shape index (κ2) is 8.75. The Hall–Kier alpha value is -2.99. The van der Waals surface area contributed by atoms with Crippen LogP contribution < -0.4 is 19.5 Å². The number of hydrogen-bond acceptors (Lipinski definition) is 5. The normalized spacial score (nSPS) is 10.6. The van der Waals surface area contributed by atoms with Crippen molar-refractivity contribution in [1.82, 2.24) is 0 Å². The number of hydrogen-bond donors (Lipinski definition) is 2. The van der Waals surface area contributed by atoms with E-state index in [0.717, 1.165) is 5.56 Å². The zero-order valence-corrected chi connectivity index (χ0v) is 14.4. The van der Waals surface area contributed by atoms with Gasteiger partial charge in [0.1, 0.15) is 5.75 Å². The van der Waals surface area contributed by atoms with Crippen molar-refractivity contribution in [2.24, 2.45) is 0 Å². The maximum absolute atomic E-state index is 12.1. The molecule has 0 bridgehead atoms. The highest BCUT2D eigenvalue weighted by atomic mass is 16.5. The van der Waals surface area contributed by atoms with Gasteiger partial charge in [0.25, 0.3) is 0 Å². The van der Waals surface area contributed by atoms with Crippen LogP contribution in [0.15, 0.2) is 42.5 Å². The van der Waals surface area contributed by atoms with Crippen LogP contribution in [0.5, 0.6) is 17.2 Å². The molecule has 0 fully saturated rings. The smallest absolute Gasteiger partial charge is 0.248 e. The number of carbonyl (C=O) groups excluding carboxylic acids is 1. The van der Waals surface area contributed by atoms with Gasteiger partial charge in [0, 0.05) is 23.4 Å². The van der Waals surface area contributed by atoms with E-state index < -0.39 is 0 Å². The fraction of sp³-hybridized carbons (Fsp3) is 0.211. The van der Waals surface area contributed by atoms with Gasteiger partial charge in [-0.2, -0.15) is 0 Å². The van der Waals surface area contributed by atoms with Gasteiger partial charge >= 0.3 is 0 Å². The molecule has 0 saturated heterocycles. The SMILES string of the molecule is COc1cc(/C=C/C(=O)Nc2ccc(OC)c(OC)c2)ccc1CO. The number of amides is 1. The molecule has 0 spiro atoms. The summed E-state index contributed by atoms with van der Waals surface area (Å²) in [6.07, 6.45) is 3.09. The van der Waals surface area contributed by atoms with Crippen molar-refractivity contribution >= 4 is 17.7 Å². The Kier molecular flexibility index (Phi) is 6.42. The Morgan fingerprint density at radius 1 is 1.00 bits per heavy atom. The first-order valence-electron chi connectivity index (χ1n) is 7.60. The van der Waals surface area contributed by atoms with Gasteiger partial charge < -0.3 is 24.6 Å². The lowest BCUT2D eigenvalue weighted by molar-refractivity contribution is -0.111. The van der Waals surface area contributed by atoms with E-state index in [9.17, 15) is 9.90 Å². The van der Waals surface area contributed by atoms with Crippen LogP contribution in [0.4, 0.5) is 5.69 Å². The van der Waals surface area contributed by atoms with Crippen molar-refractivity contribution in [1.29, 1.82) is 0 Å². The van der Waals surface area contributed by atoms with E-state index in [1.54, 1.807) is 49.6 Å². The van der Waals surface area contributed by atoms with Crippen LogP contribution >= 0.6 is 0 Å². The molecule has 2 aromatic rings. The van der Waals surface area contributed by atoms with Crippen LogP contribution in [0.2, 0.25) is 0 Å². The highest BCUT2D eigenvalue weighted by Crippen LogP contribution is 2.29. The van der Waals surface area contributed by atoms with Crippen LogP contribution in [-0.2, 0) is 11.4 Å². The van der Waals surface area contributed by atoms with Gasteiger partial charge in [-0.3, -0.25) is 4.79 Å². The minimum absolute atomic E-state index is 0.104. The summed E-state index contributed by atoms with van der Waals surface area (Å²) in [6.45, 7) is -0.104. The summed E-state index contributed by atoms with van der Waals surface area (Å²) in [6, 6.07) is 10.4. The Balaban J connectivity index is 2.08. The number of anilines is 1. The first kappa shape index (κ1) is 18.4. The number of benzene rings is 2. The van der Waals surface area contributed by atoms with Crippen molar-refractivity contribution in [2.75, 3.05) is 26.6 Å². The molecule has 2 aromatic carbocycles. The van der Waals surface area contributed by atoms with E-state index in [2.05, 4.69) is 5.32 Å². The third kappa shape index (κ3) is 4.74. The molecule has 0 aromatic heterocycles. The molecule has 0 saturated carbocycles. The molecule has 6 nitrogen and oxygen atoms in total. The Morgan fingerprint density at radius 3 is 2.36 bits per heavy atom. The van der Waals surface area contributed by atoms with E-state index in [-0.39, 0.29) is 12.5 Å². The van der Waals surface area contributed by atoms with Crippen molar-refractivity contribution in [2.45, 2.75) is 6.61 Å². The fourth-order valence-electron chi connectivity index (χ4n) is 2.27. The highest BCUT2D eigenvalue weighted by molar-refractivity contribution is 6.02. The molecule has 0 unspecified atom stereocenters. The van der Waals surface area contributed by atoms with Crippen LogP contribution in [-0.4, -0.2) is 32.3 Å². The van der Waals surface area contributed by atoms with E-state index in [4.69, 9.17) is 14.2 Å². The first-order chi connectivity index (χ1) is 12.1. The maximum Gasteiger partial charge on any atom is 0.248 e. The molecule has 0 atom stereocenters. The number of aliphatic hydroxyl groups is 1. The quantitative estimate of drug-likeness (QED) is 0.756. The number of ether oxygens (including phenoxy) is 3. The lowest BCUT2D eigenvalue weighted by Crippen LogP contribution is -2.08. The van der Waals surface area contributed by atoms with Crippen LogP contribution in [0.1, 0.15) is 11.1 Å². The lowest BCUT2D eigenvalue weighted by atomic mass is 10.1. The van der Waals surface area contributed by atoms with Gasteiger partial charge in [-0.1, -0.05) is 12.1 Å². The largest absolute Gasteiger partial charge is 0.496 e. The molecular weight excluding hydrogens is 322 g/mol. The van der Waals surface area contributed by atoms with Gasteiger partial charge in [-0.05, 0) is 29.8 Å². The molecule has 1 amide bonds. The van der Waals surface area contributed by atoms with Crippen molar-refractivity contribution < 1.29 is 24.1 Å². The summed E-state index contributed by atoms with van der Waals surface area (Å²) in [4.78, 5) is 12.1. The molecular formula is C19H21NO5. The second-order valence-electron chi connectivity index (χ2n) is 5.12. The Bertz CT molecular complexity index is 770. The second-order valence-corrected chi connectivity index (χ2v) is 5.12. The summed E-state index contributed by atoms with van der Waals surface area (Å²) in [5, 5.41) is 12.0. The number of nitrogens with one attached hydrogen (secondary N) is 1. The predicted octanol–water partition coefficient (Wildman–Crippen LogP) is 2.86. The standard InChI is InChI=1S/C19H21NO5/c1-23-16-8-7-15(11-18(16)25-3)20-19(22)9-5-13-4-6-14(12-21)17(10-13)24-2/h4-11,21H,12H2,1-3H3,(H,20,22)/b9-5+. The molecule has 132 valence electrons. The molecule has 2 rings (SSSR count). The first-order valence-corrected chi connectivity index (χ1v) is 7.60. The van der Waals surface area contributed by atoms with Gasteiger partial charge in [-0.15, -0.1) is 0 Å². The van der Waals surface area contributed by atoms with Gasteiger partial charge in [0.05, 0.1) is 27.9 Å². The zero-order valence-electron chi connectivity index (χ0n) is 14.4. The van der Waals surface area contributed by atoms with E-state index >= 15 is 0 Å². The van der Waals surface area contributed by atoms with Gasteiger partial charge in [0.2, 0.25) is 5.91 Å². The molecule has 0 heterocycles. The average molecular weight is 343 g/mol. The zero-order chi connectivity index (χ0) is 18.2. The molecule has 0 radical (unpaired) electrons. The van der Waals surface area contributed by atoms with Crippen LogP contribution in [0, 0.1) is 0 Å². The van der Waals surface area contributed by atoms with Crippen molar-refractivity contribution in [3.05, 3.63) is 53.6 Å². The average Bonchev–Trinajstić information content (AvgIpc) is 2.65. The number of carbonyl (C=O) groups is 1. The number of methoxy groups -OCH3 is 3. The summed E-state index contributed by atoms with van der Waals surface area (Å²) in [5.74, 6) is 1.42. The monoisotopic (exact) mass is 343 g/mol. The molecule has 2 N–H and O–H groups in total. The molecule has 0 aliphatic rings. The van der Waals surface area contributed by atoms with Crippen LogP contribution in [0.25, 0.3) is 6.08 Å².